The Bertz CT molecular complexity index is 1080. The van der Waals surface area contributed by atoms with Crippen LogP contribution < -0.4 is 11.2 Å². The van der Waals surface area contributed by atoms with Gasteiger partial charge in [0.25, 0.3) is 0 Å². The van der Waals surface area contributed by atoms with Crippen LogP contribution in [0.4, 0.5) is 39.5 Å². The standard InChI is InChI=1S/C20H12F9N3O/c21-18(22,23)13-5-12(6-14(7-13)19(24,25)26)17(20(27,28)29)8-16(32-33-17)11-3-1-10(2-4-11)15(31)9-30/h1-8,15,32H,31H2. The van der Waals surface area contributed by atoms with E-state index in [-0.39, 0.29) is 29.5 Å². The lowest BCUT2D eigenvalue weighted by molar-refractivity contribution is -0.269. The number of benzene rings is 2. The predicted molar refractivity (Wildman–Crippen MR) is 95.4 cm³/mol. The van der Waals surface area contributed by atoms with Gasteiger partial charge in [0.1, 0.15) is 6.04 Å². The molecule has 2 aromatic rings. The fourth-order valence-electron chi connectivity index (χ4n) is 3.10. The van der Waals surface area contributed by atoms with E-state index in [0.717, 1.165) is 0 Å². The zero-order chi connectivity index (χ0) is 24.8. The summed E-state index contributed by atoms with van der Waals surface area (Å²) in [6, 6.07) is 5.54. The smallest absolute Gasteiger partial charge is 0.312 e. The van der Waals surface area contributed by atoms with Crippen LogP contribution in [0, 0.1) is 11.3 Å². The fraction of sp³-hybridized carbons (Fsp3) is 0.250. The average molecular weight is 481 g/mol. The van der Waals surface area contributed by atoms with Gasteiger partial charge < -0.3 is 5.73 Å². The second-order valence-corrected chi connectivity index (χ2v) is 7.02. The highest BCUT2D eigenvalue weighted by Crippen LogP contribution is 2.49. The minimum atomic E-state index is -5.45. The third kappa shape index (κ3) is 4.62. The van der Waals surface area contributed by atoms with Crippen molar-refractivity contribution in [1.82, 2.24) is 5.48 Å². The van der Waals surface area contributed by atoms with E-state index in [1.54, 1.807) is 6.07 Å². The van der Waals surface area contributed by atoms with E-state index in [1.807, 2.05) is 5.48 Å². The minimum Gasteiger partial charge on any atom is -0.312 e. The number of nitriles is 1. The van der Waals surface area contributed by atoms with Crippen LogP contribution >= 0.6 is 0 Å². The molecule has 1 aliphatic heterocycles. The Morgan fingerprint density at radius 2 is 1.39 bits per heavy atom. The van der Waals surface area contributed by atoms with Gasteiger partial charge >= 0.3 is 18.5 Å². The van der Waals surface area contributed by atoms with Gasteiger partial charge in [-0.2, -0.15) is 44.8 Å². The third-order valence-electron chi connectivity index (χ3n) is 4.83. The number of halogens is 9. The second kappa shape index (κ2) is 7.96. The number of hydrogen-bond acceptors (Lipinski definition) is 4. The maximum absolute atomic E-state index is 14.0. The second-order valence-electron chi connectivity index (χ2n) is 7.02. The van der Waals surface area contributed by atoms with Gasteiger partial charge in [0.05, 0.1) is 22.9 Å². The molecule has 0 amide bonds. The Kier molecular flexibility index (Phi) is 5.89. The highest BCUT2D eigenvalue weighted by Gasteiger charge is 2.60. The SMILES string of the molecule is N#CC(N)c1ccc(C2=CC(c3cc(C(F)(F)F)cc(C(F)(F)F)c3)(C(F)(F)F)ON2)cc1. The molecule has 3 N–H and O–H groups in total. The summed E-state index contributed by atoms with van der Waals surface area (Å²) in [6.45, 7) is 0. The molecule has 2 atom stereocenters. The number of hydroxylamine groups is 1. The minimum absolute atomic E-state index is 0.0428. The molecular weight excluding hydrogens is 469 g/mol. The molecule has 0 aliphatic carbocycles. The molecule has 0 saturated carbocycles. The Labute approximate surface area is 180 Å². The molecule has 1 aliphatic rings. The molecule has 2 aromatic carbocycles. The summed E-state index contributed by atoms with van der Waals surface area (Å²) in [7, 11) is 0. The van der Waals surface area contributed by atoms with E-state index in [0.29, 0.717) is 11.6 Å². The zero-order valence-corrected chi connectivity index (χ0v) is 16.0. The van der Waals surface area contributed by atoms with Crippen LogP contribution in [-0.4, -0.2) is 6.18 Å². The van der Waals surface area contributed by atoms with Crippen LogP contribution in [0.1, 0.15) is 33.9 Å². The van der Waals surface area contributed by atoms with Gasteiger partial charge in [-0.1, -0.05) is 24.3 Å². The molecule has 2 unspecified atom stereocenters. The molecular formula is C20H12F9N3O. The van der Waals surface area contributed by atoms with Crippen LogP contribution in [0.2, 0.25) is 0 Å². The zero-order valence-electron chi connectivity index (χ0n) is 16.0. The quantitative estimate of drug-likeness (QED) is 0.562. The van der Waals surface area contributed by atoms with Crippen molar-refractivity contribution >= 4 is 5.70 Å². The summed E-state index contributed by atoms with van der Waals surface area (Å²) in [4.78, 5) is 4.61. The Morgan fingerprint density at radius 1 is 0.879 bits per heavy atom. The molecule has 33 heavy (non-hydrogen) atoms. The van der Waals surface area contributed by atoms with Crippen molar-refractivity contribution in [3.63, 3.8) is 0 Å². The Morgan fingerprint density at radius 3 is 1.82 bits per heavy atom. The van der Waals surface area contributed by atoms with Crippen molar-refractivity contribution in [3.05, 3.63) is 76.4 Å². The molecule has 1 heterocycles. The topological polar surface area (TPSA) is 71.1 Å². The van der Waals surface area contributed by atoms with Crippen LogP contribution in [0.5, 0.6) is 0 Å². The number of nitrogens with one attached hydrogen (secondary N) is 1. The summed E-state index contributed by atoms with van der Waals surface area (Å²) in [5.41, 5.74) is -1.43. The van der Waals surface area contributed by atoms with Gasteiger partial charge in [0.15, 0.2) is 0 Å². The molecule has 0 saturated heterocycles. The third-order valence-corrected chi connectivity index (χ3v) is 4.83. The van der Waals surface area contributed by atoms with Crippen molar-refractivity contribution in [1.29, 1.82) is 5.26 Å². The normalized spacial score (nSPS) is 20.1. The number of rotatable bonds is 3. The lowest BCUT2D eigenvalue weighted by atomic mass is 9.88. The first kappa shape index (κ1) is 24.4. The first-order chi connectivity index (χ1) is 15.1. The lowest BCUT2D eigenvalue weighted by Crippen LogP contribution is -2.43. The van der Waals surface area contributed by atoms with Crippen molar-refractivity contribution < 1.29 is 44.4 Å². The molecule has 0 aromatic heterocycles. The van der Waals surface area contributed by atoms with Crippen molar-refractivity contribution in [2.24, 2.45) is 5.73 Å². The Balaban J connectivity index is 2.18. The molecule has 176 valence electrons. The number of alkyl halides is 9. The lowest BCUT2D eigenvalue weighted by Gasteiger charge is -2.29. The predicted octanol–water partition coefficient (Wildman–Crippen LogP) is 5.58. The first-order valence-corrected chi connectivity index (χ1v) is 8.87. The molecule has 4 nitrogen and oxygen atoms in total. The maximum atomic E-state index is 14.0. The molecule has 13 heteroatoms. The fourth-order valence-corrected chi connectivity index (χ4v) is 3.10. The molecule has 0 bridgehead atoms. The van der Waals surface area contributed by atoms with Crippen LogP contribution in [0.15, 0.2) is 48.5 Å². The molecule has 0 spiro atoms. The number of nitrogens with two attached hydrogens (primary N) is 1. The van der Waals surface area contributed by atoms with E-state index >= 15 is 0 Å². The van der Waals surface area contributed by atoms with E-state index in [2.05, 4.69) is 4.84 Å². The largest absolute Gasteiger partial charge is 0.428 e. The monoisotopic (exact) mass is 481 g/mol. The van der Waals surface area contributed by atoms with Gasteiger partial charge in [-0.25, -0.2) is 0 Å². The summed E-state index contributed by atoms with van der Waals surface area (Å²) in [5.74, 6) is 0. The summed E-state index contributed by atoms with van der Waals surface area (Å²) < 4.78 is 121. The number of hydrogen-bond donors (Lipinski definition) is 2. The molecule has 0 fully saturated rings. The summed E-state index contributed by atoms with van der Waals surface area (Å²) in [6.07, 6.45) is -15.8. The number of nitrogens with zero attached hydrogens (tertiary/aromatic N) is 1. The molecule has 3 rings (SSSR count). The first-order valence-electron chi connectivity index (χ1n) is 8.87. The summed E-state index contributed by atoms with van der Waals surface area (Å²) >= 11 is 0. The summed E-state index contributed by atoms with van der Waals surface area (Å²) in [5, 5.41) is 8.81. The van der Waals surface area contributed by atoms with Crippen molar-refractivity contribution in [2.75, 3.05) is 0 Å². The van der Waals surface area contributed by atoms with Gasteiger partial charge in [0, 0.05) is 5.56 Å². The van der Waals surface area contributed by atoms with Crippen LogP contribution in [-0.2, 0) is 22.8 Å². The Hall–Kier alpha value is -3.24. The highest BCUT2D eigenvalue weighted by molar-refractivity contribution is 5.67. The van der Waals surface area contributed by atoms with E-state index < -0.39 is 46.9 Å². The van der Waals surface area contributed by atoms with Gasteiger partial charge in [-0.15, -0.1) is 0 Å². The van der Waals surface area contributed by atoms with E-state index in [9.17, 15) is 39.5 Å². The maximum Gasteiger partial charge on any atom is 0.428 e. The van der Waals surface area contributed by atoms with Gasteiger partial charge in [-0.05, 0) is 35.4 Å². The molecule has 0 radical (unpaired) electrons. The van der Waals surface area contributed by atoms with E-state index in [1.165, 1.54) is 24.3 Å². The van der Waals surface area contributed by atoms with Gasteiger partial charge in [0.2, 0.25) is 5.60 Å². The van der Waals surface area contributed by atoms with Crippen molar-refractivity contribution in [3.8, 4) is 6.07 Å². The van der Waals surface area contributed by atoms with Crippen LogP contribution in [0.3, 0.4) is 0 Å². The highest BCUT2D eigenvalue weighted by atomic mass is 19.4. The van der Waals surface area contributed by atoms with Gasteiger partial charge in [-0.3, -0.25) is 10.3 Å². The average Bonchev–Trinajstić information content (AvgIpc) is 3.19. The van der Waals surface area contributed by atoms with E-state index in [4.69, 9.17) is 11.0 Å². The van der Waals surface area contributed by atoms with Crippen LogP contribution in [0.25, 0.3) is 5.70 Å². The van der Waals surface area contributed by atoms with Crippen molar-refractivity contribution in [2.45, 2.75) is 30.2 Å².